The van der Waals surface area contributed by atoms with Gasteiger partial charge in [-0.25, -0.2) is 4.98 Å². The van der Waals surface area contributed by atoms with E-state index in [4.69, 9.17) is 17.3 Å². The smallest absolute Gasteiger partial charge is 0.274 e. The Balaban J connectivity index is 2.21. The standard InChI is InChI=1S/C12H9ClIN3O/c13-7-4-5-9(8(14)6-7)17-12(18)10-2-1-3-11(15)16-10/h1-6H,(H2,15,16)(H,17,18). The molecule has 0 unspecified atom stereocenters. The maximum absolute atomic E-state index is 11.9. The van der Waals surface area contributed by atoms with Gasteiger partial charge in [0, 0.05) is 8.59 Å². The number of anilines is 2. The predicted molar refractivity (Wildman–Crippen MR) is 80.8 cm³/mol. The highest BCUT2D eigenvalue weighted by Crippen LogP contribution is 2.22. The summed E-state index contributed by atoms with van der Waals surface area (Å²) in [5.74, 6) is 0.0102. The summed E-state index contributed by atoms with van der Waals surface area (Å²) >= 11 is 7.95. The summed E-state index contributed by atoms with van der Waals surface area (Å²) < 4.78 is 0.859. The van der Waals surface area contributed by atoms with Gasteiger partial charge < -0.3 is 11.1 Å². The molecule has 2 aromatic rings. The van der Waals surface area contributed by atoms with Gasteiger partial charge in [-0.1, -0.05) is 17.7 Å². The van der Waals surface area contributed by atoms with Crippen molar-refractivity contribution < 1.29 is 4.79 Å². The van der Waals surface area contributed by atoms with Crippen LogP contribution in [-0.2, 0) is 0 Å². The third kappa shape index (κ3) is 3.11. The van der Waals surface area contributed by atoms with Crippen molar-refractivity contribution in [2.24, 2.45) is 0 Å². The molecule has 4 nitrogen and oxygen atoms in total. The van der Waals surface area contributed by atoms with Crippen LogP contribution in [0.25, 0.3) is 0 Å². The second kappa shape index (κ2) is 5.53. The van der Waals surface area contributed by atoms with Crippen LogP contribution in [0.4, 0.5) is 11.5 Å². The Morgan fingerprint density at radius 2 is 2.11 bits per heavy atom. The molecule has 2 rings (SSSR count). The predicted octanol–water partition coefficient (Wildman–Crippen LogP) is 3.17. The fourth-order valence-electron chi connectivity index (χ4n) is 1.36. The van der Waals surface area contributed by atoms with E-state index in [0.29, 0.717) is 16.5 Å². The van der Waals surface area contributed by atoms with Gasteiger partial charge in [-0.2, -0.15) is 0 Å². The Bertz CT molecular complexity index is 604. The molecule has 3 N–H and O–H groups in total. The molecular formula is C12H9ClIN3O. The lowest BCUT2D eigenvalue weighted by Gasteiger charge is -2.07. The van der Waals surface area contributed by atoms with E-state index in [1.807, 2.05) is 0 Å². The summed E-state index contributed by atoms with van der Waals surface area (Å²) in [6.45, 7) is 0. The number of hydrogen-bond donors (Lipinski definition) is 2. The first-order valence-electron chi connectivity index (χ1n) is 5.05. The summed E-state index contributed by atoms with van der Waals surface area (Å²) in [4.78, 5) is 15.9. The number of pyridine rings is 1. The minimum absolute atomic E-state index is 0.278. The highest BCUT2D eigenvalue weighted by atomic mass is 127. The molecular weight excluding hydrogens is 365 g/mol. The Morgan fingerprint density at radius 1 is 1.33 bits per heavy atom. The van der Waals surface area contributed by atoms with E-state index in [9.17, 15) is 4.79 Å². The number of rotatable bonds is 2. The van der Waals surface area contributed by atoms with E-state index in [0.717, 1.165) is 3.57 Å². The summed E-state index contributed by atoms with van der Waals surface area (Å²) in [7, 11) is 0. The highest BCUT2D eigenvalue weighted by molar-refractivity contribution is 14.1. The number of nitrogens with two attached hydrogens (primary N) is 1. The number of amides is 1. The molecule has 0 bridgehead atoms. The summed E-state index contributed by atoms with van der Waals surface area (Å²) in [6.07, 6.45) is 0. The molecule has 18 heavy (non-hydrogen) atoms. The molecule has 1 amide bonds. The van der Waals surface area contributed by atoms with Gasteiger partial charge in [0.15, 0.2) is 0 Å². The van der Waals surface area contributed by atoms with Crippen molar-refractivity contribution in [3.8, 4) is 0 Å². The average Bonchev–Trinajstić information content (AvgIpc) is 2.32. The lowest BCUT2D eigenvalue weighted by molar-refractivity contribution is 0.102. The molecule has 1 aromatic heterocycles. The molecule has 0 aliphatic heterocycles. The molecule has 0 aliphatic rings. The Labute approximate surface area is 123 Å². The van der Waals surface area contributed by atoms with Crippen LogP contribution in [0.2, 0.25) is 5.02 Å². The van der Waals surface area contributed by atoms with Gasteiger partial charge in [-0.3, -0.25) is 4.79 Å². The number of aromatic nitrogens is 1. The number of benzene rings is 1. The lowest BCUT2D eigenvalue weighted by Crippen LogP contribution is -2.15. The normalized spacial score (nSPS) is 10.1. The van der Waals surface area contributed by atoms with Crippen molar-refractivity contribution in [1.29, 1.82) is 0 Å². The number of hydrogen-bond acceptors (Lipinski definition) is 3. The van der Waals surface area contributed by atoms with Gasteiger partial charge in [0.2, 0.25) is 0 Å². The fraction of sp³-hybridized carbons (Fsp3) is 0. The van der Waals surface area contributed by atoms with Crippen molar-refractivity contribution in [1.82, 2.24) is 4.98 Å². The average molecular weight is 374 g/mol. The Hall–Kier alpha value is -1.34. The van der Waals surface area contributed by atoms with E-state index in [-0.39, 0.29) is 11.6 Å². The van der Waals surface area contributed by atoms with Gasteiger partial charge in [0.25, 0.3) is 5.91 Å². The zero-order chi connectivity index (χ0) is 13.1. The van der Waals surface area contributed by atoms with Gasteiger partial charge in [-0.15, -0.1) is 0 Å². The first-order chi connectivity index (χ1) is 8.56. The number of nitrogen functional groups attached to an aromatic ring is 1. The minimum Gasteiger partial charge on any atom is -0.384 e. The zero-order valence-corrected chi connectivity index (χ0v) is 12.1. The van der Waals surface area contributed by atoms with Gasteiger partial charge in [0.05, 0.1) is 5.69 Å². The quantitative estimate of drug-likeness (QED) is 0.795. The van der Waals surface area contributed by atoms with Crippen LogP contribution in [-0.4, -0.2) is 10.9 Å². The molecule has 0 radical (unpaired) electrons. The fourth-order valence-corrected chi connectivity index (χ4v) is 2.36. The SMILES string of the molecule is Nc1cccc(C(=O)Nc2ccc(Cl)cc2I)n1. The van der Waals surface area contributed by atoms with Crippen LogP contribution < -0.4 is 11.1 Å². The minimum atomic E-state index is -0.303. The lowest BCUT2D eigenvalue weighted by atomic mass is 10.3. The molecule has 0 atom stereocenters. The van der Waals surface area contributed by atoms with Crippen LogP contribution in [0.5, 0.6) is 0 Å². The largest absolute Gasteiger partial charge is 0.384 e. The molecule has 0 saturated carbocycles. The molecule has 6 heteroatoms. The molecule has 0 saturated heterocycles. The summed E-state index contributed by atoms with van der Waals surface area (Å²) in [5, 5.41) is 3.38. The van der Waals surface area contributed by atoms with Gasteiger partial charge >= 0.3 is 0 Å². The van der Waals surface area contributed by atoms with E-state index >= 15 is 0 Å². The third-order valence-corrected chi connectivity index (χ3v) is 3.31. The summed E-state index contributed by atoms with van der Waals surface area (Å²) in [6, 6.07) is 10.1. The van der Waals surface area contributed by atoms with E-state index in [1.165, 1.54) is 0 Å². The Kier molecular flexibility index (Phi) is 4.03. The second-order valence-corrected chi connectivity index (χ2v) is 5.12. The van der Waals surface area contributed by atoms with Crippen molar-refractivity contribution in [3.05, 3.63) is 50.7 Å². The monoisotopic (exact) mass is 373 g/mol. The second-order valence-electron chi connectivity index (χ2n) is 3.53. The number of nitrogens with zero attached hydrogens (tertiary/aromatic N) is 1. The van der Waals surface area contributed by atoms with Crippen molar-refractivity contribution in [3.63, 3.8) is 0 Å². The molecule has 1 heterocycles. The van der Waals surface area contributed by atoms with E-state index in [1.54, 1.807) is 36.4 Å². The number of halogens is 2. The van der Waals surface area contributed by atoms with Gasteiger partial charge in [0.1, 0.15) is 11.5 Å². The van der Waals surface area contributed by atoms with Gasteiger partial charge in [-0.05, 0) is 52.9 Å². The van der Waals surface area contributed by atoms with Crippen LogP contribution in [0.15, 0.2) is 36.4 Å². The first-order valence-corrected chi connectivity index (χ1v) is 6.51. The van der Waals surface area contributed by atoms with Crippen LogP contribution in [0.3, 0.4) is 0 Å². The van der Waals surface area contributed by atoms with Crippen LogP contribution >= 0.6 is 34.2 Å². The number of nitrogens with one attached hydrogen (secondary N) is 1. The van der Waals surface area contributed by atoms with Crippen molar-refractivity contribution in [2.45, 2.75) is 0 Å². The molecule has 92 valence electrons. The topological polar surface area (TPSA) is 68.0 Å². The maximum atomic E-state index is 11.9. The third-order valence-electron chi connectivity index (χ3n) is 2.18. The first kappa shape index (κ1) is 13.1. The van der Waals surface area contributed by atoms with E-state index in [2.05, 4.69) is 32.9 Å². The highest BCUT2D eigenvalue weighted by Gasteiger charge is 2.09. The van der Waals surface area contributed by atoms with Crippen LogP contribution in [0.1, 0.15) is 10.5 Å². The summed E-state index contributed by atoms with van der Waals surface area (Å²) in [5.41, 5.74) is 6.50. The molecule has 0 spiro atoms. The maximum Gasteiger partial charge on any atom is 0.274 e. The Morgan fingerprint density at radius 3 is 2.78 bits per heavy atom. The molecule has 0 aliphatic carbocycles. The molecule has 0 fully saturated rings. The van der Waals surface area contributed by atoms with Crippen LogP contribution in [0, 0.1) is 3.57 Å². The zero-order valence-electron chi connectivity index (χ0n) is 9.15. The van der Waals surface area contributed by atoms with Crippen molar-refractivity contribution in [2.75, 3.05) is 11.1 Å². The molecule has 1 aromatic carbocycles. The van der Waals surface area contributed by atoms with E-state index < -0.39 is 0 Å². The number of carbonyl (C=O) groups is 1. The number of carbonyl (C=O) groups excluding carboxylic acids is 1. The van der Waals surface area contributed by atoms with Crippen molar-refractivity contribution >= 4 is 51.6 Å².